The zero-order chi connectivity index (χ0) is 26.2. The molecular formula is C24H33N5O5S2. The van der Waals surface area contributed by atoms with Gasteiger partial charge in [-0.3, -0.25) is 14.4 Å². The van der Waals surface area contributed by atoms with E-state index in [1.54, 1.807) is 6.20 Å². The van der Waals surface area contributed by atoms with Gasteiger partial charge in [-0.2, -0.15) is 24.4 Å². The van der Waals surface area contributed by atoms with Crippen LogP contribution in [0.15, 0.2) is 30.5 Å². The number of rotatable bonds is 12. The van der Waals surface area contributed by atoms with Gasteiger partial charge in [-0.25, -0.2) is 4.79 Å². The minimum absolute atomic E-state index is 0.0841. The minimum atomic E-state index is -1.18. The number of benzene rings is 1. The quantitative estimate of drug-likeness (QED) is 0.219. The van der Waals surface area contributed by atoms with Crippen molar-refractivity contribution in [3.8, 4) is 0 Å². The average molecular weight is 536 g/mol. The van der Waals surface area contributed by atoms with Gasteiger partial charge in [0.2, 0.25) is 17.7 Å². The van der Waals surface area contributed by atoms with Crippen molar-refractivity contribution < 1.29 is 24.3 Å². The Morgan fingerprint density at radius 2 is 2.00 bits per heavy atom. The molecular weight excluding hydrogens is 502 g/mol. The van der Waals surface area contributed by atoms with Crippen molar-refractivity contribution in [1.82, 2.24) is 20.5 Å². The van der Waals surface area contributed by atoms with Gasteiger partial charge in [0, 0.05) is 35.8 Å². The molecule has 10 nitrogen and oxygen atoms in total. The number of nitrogens with two attached hydrogens (primary N) is 1. The van der Waals surface area contributed by atoms with Crippen LogP contribution in [-0.2, 0) is 25.6 Å². The lowest BCUT2D eigenvalue weighted by molar-refractivity contribution is -0.143. The molecule has 0 saturated carbocycles. The van der Waals surface area contributed by atoms with Crippen molar-refractivity contribution in [3.05, 3.63) is 36.0 Å². The molecule has 0 spiro atoms. The molecule has 12 heteroatoms. The van der Waals surface area contributed by atoms with Gasteiger partial charge in [0.25, 0.3) is 0 Å². The fraction of sp³-hybridized carbons (Fsp3) is 0.500. The van der Waals surface area contributed by atoms with E-state index in [9.17, 15) is 24.3 Å². The third-order valence-corrected chi connectivity index (χ3v) is 7.35. The minimum Gasteiger partial charge on any atom is -0.480 e. The largest absolute Gasteiger partial charge is 0.480 e. The molecule has 1 saturated heterocycles. The molecule has 1 aromatic carbocycles. The first-order chi connectivity index (χ1) is 17.3. The van der Waals surface area contributed by atoms with Gasteiger partial charge in [-0.05, 0) is 42.9 Å². The van der Waals surface area contributed by atoms with Gasteiger partial charge in [0.15, 0.2) is 0 Å². The van der Waals surface area contributed by atoms with E-state index in [1.807, 2.05) is 30.5 Å². The van der Waals surface area contributed by atoms with Crippen LogP contribution >= 0.6 is 24.4 Å². The number of aromatic nitrogens is 1. The Balaban J connectivity index is 1.71. The van der Waals surface area contributed by atoms with Gasteiger partial charge in [0.05, 0.1) is 6.04 Å². The van der Waals surface area contributed by atoms with Crippen LogP contribution < -0.4 is 16.4 Å². The summed E-state index contributed by atoms with van der Waals surface area (Å²) in [6.07, 6.45) is 5.13. The lowest BCUT2D eigenvalue weighted by Crippen LogP contribution is -2.57. The number of hydrogen-bond acceptors (Lipinski definition) is 7. The van der Waals surface area contributed by atoms with Crippen molar-refractivity contribution >= 4 is 59.0 Å². The lowest BCUT2D eigenvalue weighted by Gasteiger charge is -2.28. The molecule has 0 aliphatic carbocycles. The monoisotopic (exact) mass is 535 g/mol. The number of aromatic amines is 1. The number of aliphatic carboxylic acids is 1. The molecule has 1 aromatic heterocycles. The van der Waals surface area contributed by atoms with Gasteiger partial charge in [-0.15, -0.1) is 0 Å². The Kier molecular flexibility index (Phi) is 10.1. The van der Waals surface area contributed by atoms with E-state index in [2.05, 4.69) is 28.2 Å². The molecule has 0 radical (unpaired) electrons. The van der Waals surface area contributed by atoms with Crippen molar-refractivity contribution in [3.63, 3.8) is 0 Å². The first-order valence-electron chi connectivity index (χ1n) is 11.8. The number of thiol groups is 1. The highest BCUT2D eigenvalue weighted by atomic mass is 32.2. The van der Waals surface area contributed by atoms with Crippen molar-refractivity contribution in [2.75, 3.05) is 24.3 Å². The topological polar surface area (TPSA) is 158 Å². The number of nitrogens with one attached hydrogen (secondary N) is 3. The number of fused-ring (bicyclic) bond motifs is 1. The molecule has 4 atom stereocenters. The normalized spacial score (nSPS) is 18.0. The Labute approximate surface area is 219 Å². The van der Waals surface area contributed by atoms with Gasteiger partial charge in [0.1, 0.15) is 18.1 Å². The summed E-state index contributed by atoms with van der Waals surface area (Å²) in [5, 5.41) is 16.0. The Morgan fingerprint density at radius 1 is 1.25 bits per heavy atom. The van der Waals surface area contributed by atoms with Crippen LogP contribution in [0.1, 0.15) is 24.8 Å². The third kappa shape index (κ3) is 6.74. The molecule has 36 heavy (non-hydrogen) atoms. The number of amides is 3. The van der Waals surface area contributed by atoms with Crippen molar-refractivity contribution in [1.29, 1.82) is 0 Å². The second-order valence-corrected chi connectivity index (χ2v) is 10.1. The molecule has 196 valence electrons. The summed E-state index contributed by atoms with van der Waals surface area (Å²) in [4.78, 5) is 55.4. The van der Waals surface area contributed by atoms with E-state index < -0.39 is 42.0 Å². The smallest absolute Gasteiger partial charge is 0.326 e. The summed E-state index contributed by atoms with van der Waals surface area (Å²) < 4.78 is 0. The van der Waals surface area contributed by atoms with Crippen LogP contribution in [0.4, 0.5) is 0 Å². The molecule has 2 aromatic rings. The summed E-state index contributed by atoms with van der Waals surface area (Å²) >= 11 is 5.58. The number of carbonyl (C=O) groups excluding carboxylic acids is 3. The number of H-pyrrole nitrogens is 1. The maximum absolute atomic E-state index is 13.2. The fourth-order valence-corrected chi connectivity index (χ4v) is 4.99. The molecule has 4 unspecified atom stereocenters. The third-order valence-electron chi connectivity index (χ3n) is 6.31. The van der Waals surface area contributed by atoms with Crippen molar-refractivity contribution in [2.45, 2.75) is 49.9 Å². The SMILES string of the molecule is CSCCC(NC(=O)C1CCCN1C(=O)C(N)CS)C(=O)NC(Cc1c[nH]c2ccccc12)C(=O)O. The first-order valence-corrected chi connectivity index (χ1v) is 13.8. The molecule has 3 amide bonds. The Morgan fingerprint density at radius 3 is 2.69 bits per heavy atom. The maximum Gasteiger partial charge on any atom is 0.326 e. The molecule has 2 heterocycles. The molecule has 1 aliphatic heterocycles. The molecule has 6 N–H and O–H groups in total. The first kappa shape index (κ1) is 27.9. The summed E-state index contributed by atoms with van der Waals surface area (Å²) in [5.41, 5.74) is 7.47. The van der Waals surface area contributed by atoms with E-state index in [4.69, 9.17) is 5.73 Å². The summed E-state index contributed by atoms with van der Waals surface area (Å²) in [6, 6.07) is 3.87. The fourth-order valence-electron chi connectivity index (χ4n) is 4.36. The highest BCUT2D eigenvalue weighted by Gasteiger charge is 2.37. The number of para-hydroxylation sites is 1. The summed E-state index contributed by atoms with van der Waals surface area (Å²) in [5.74, 6) is -1.80. The van der Waals surface area contributed by atoms with E-state index in [1.165, 1.54) is 16.7 Å². The number of hydrogen-bond donors (Lipinski definition) is 6. The second-order valence-electron chi connectivity index (χ2n) is 8.78. The number of carbonyl (C=O) groups is 4. The van der Waals surface area contributed by atoms with E-state index in [0.717, 1.165) is 16.5 Å². The average Bonchev–Trinajstić information content (AvgIpc) is 3.52. The van der Waals surface area contributed by atoms with Crippen molar-refractivity contribution in [2.24, 2.45) is 5.73 Å². The highest BCUT2D eigenvalue weighted by Crippen LogP contribution is 2.20. The van der Waals surface area contributed by atoms with Crippen LogP contribution in [0, 0.1) is 0 Å². The molecule has 0 bridgehead atoms. The number of thioether (sulfide) groups is 1. The second kappa shape index (κ2) is 13.0. The number of carboxylic acid groups (broad SMARTS) is 1. The van der Waals surface area contributed by atoms with Crippen LogP contribution in [-0.4, -0.2) is 87.2 Å². The van der Waals surface area contributed by atoms with Gasteiger partial charge < -0.3 is 31.4 Å². The molecule has 1 fully saturated rings. The van der Waals surface area contributed by atoms with Crippen LogP contribution in [0.2, 0.25) is 0 Å². The van der Waals surface area contributed by atoms with Gasteiger partial charge in [-0.1, -0.05) is 18.2 Å². The number of likely N-dealkylation sites (tertiary alicyclic amines) is 1. The van der Waals surface area contributed by atoms with Crippen LogP contribution in [0.3, 0.4) is 0 Å². The summed E-state index contributed by atoms with van der Waals surface area (Å²) in [7, 11) is 0. The highest BCUT2D eigenvalue weighted by molar-refractivity contribution is 7.98. The Hall–Kier alpha value is -2.70. The predicted molar refractivity (Wildman–Crippen MR) is 143 cm³/mol. The lowest BCUT2D eigenvalue weighted by atomic mass is 10.0. The number of carboxylic acids is 1. The molecule has 3 rings (SSSR count). The van der Waals surface area contributed by atoms with E-state index >= 15 is 0 Å². The standard InChI is InChI=1S/C24H33N5O5S2/c1-36-10-8-18(27-22(31)20-7-4-9-29(20)23(32)16(25)13-35)21(30)28-19(24(33)34)11-14-12-26-17-6-3-2-5-15(14)17/h2-3,5-6,12,16,18-20,26,35H,4,7-11,13,25H2,1H3,(H,27,31)(H,28,30)(H,33,34). The maximum atomic E-state index is 13.2. The van der Waals surface area contributed by atoms with Crippen LogP contribution in [0.25, 0.3) is 10.9 Å². The van der Waals surface area contributed by atoms with Crippen LogP contribution in [0.5, 0.6) is 0 Å². The van der Waals surface area contributed by atoms with Gasteiger partial charge >= 0.3 is 5.97 Å². The predicted octanol–water partition coefficient (Wildman–Crippen LogP) is 0.766. The zero-order valence-corrected chi connectivity index (χ0v) is 21.8. The zero-order valence-electron chi connectivity index (χ0n) is 20.1. The Bertz CT molecular complexity index is 1090. The van der Waals surface area contributed by atoms with E-state index in [0.29, 0.717) is 31.6 Å². The molecule has 1 aliphatic rings. The number of nitrogens with zero attached hydrogens (tertiary/aromatic N) is 1. The van der Waals surface area contributed by atoms with E-state index in [-0.39, 0.29) is 18.1 Å². The summed E-state index contributed by atoms with van der Waals surface area (Å²) in [6.45, 7) is 0.409.